The number of likely N-dealkylation sites (tertiary alicyclic amines) is 1. The van der Waals surface area contributed by atoms with Crippen LogP contribution in [0.4, 0.5) is 0 Å². The Bertz CT molecular complexity index is 1050. The van der Waals surface area contributed by atoms with Crippen LogP contribution < -0.4 is 0 Å². The summed E-state index contributed by atoms with van der Waals surface area (Å²) >= 11 is 0. The molecular formula is C24H23N3O2. The fourth-order valence-corrected chi connectivity index (χ4v) is 4.74. The molecule has 1 aromatic heterocycles. The molecule has 2 heterocycles. The van der Waals surface area contributed by atoms with Crippen LogP contribution >= 0.6 is 0 Å². The third-order valence-electron chi connectivity index (χ3n) is 6.29. The summed E-state index contributed by atoms with van der Waals surface area (Å²) in [5, 5.41) is 7.48. The first kappa shape index (κ1) is 17.9. The number of hydrogen-bond donors (Lipinski definition) is 1. The smallest absolute Gasteiger partial charge is 0.230 e. The summed E-state index contributed by atoms with van der Waals surface area (Å²) in [5.41, 5.74) is 5.07. The number of piperidine rings is 1. The number of nitrogens with zero attached hydrogens (tertiary/aromatic N) is 2. The zero-order valence-corrected chi connectivity index (χ0v) is 16.2. The Labute approximate surface area is 169 Å². The Kier molecular flexibility index (Phi) is 4.51. The maximum atomic E-state index is 13.1. The number of ketones is 1. The maximum Gasteiger partial charge on any atom is 0.230 e. The van der Waals surface area contributed by atoms with E-state index >= 15 is 0 Å². The second-order valence-corrected chi connectivity index (χ2v) is 7.93. The quantitative estimate of drug-likeness (QED) is 0.736. The van der Waals surface area contributed by atoms with E-state index in [0.29, 0.717) is 31.0 Å². The molecule has 5 rings (SSSR count). The Morgan fingerprint density at radius 2 is 1.69 bits per heavy atom. The van der Waals surface area contributed by atoms with Crippen LogP contribution in [0, 0.1) is 0 Å². The Hall–Kier alpha value is -3.21. The highest BCUT2D eigenvalue weighted by molar-refractivity contribution is 6.06. The van der Waals surface area contributed by atoms with Crippen LogP contribution in [0.3, 0.4) is 0 Å². The Balaban J connectivity index is 1.29. The summed E-state index contributed by atoms with van der Waals surface area (Å²) in [6, 6.07) is 17.8. The van der Waals surface area contributed by atoms with E-state index in [1.54, 1.807) is 0 Å². The molecule has 146 valence electrons. The molecule has 1 amide bonds. The van der Waals surface area contributed by atoms with Crippen molar-refractivity contribution in [1.82, 2.24) is 15.1 Å². The van der Waals surface area contributed by atoms with E-state index in [2.05, 4.69) is 22.3 Å². The number of Topliss-reactive ketones (excluding diaryl/α,β-unsaturated/α-hetero) is 1. The van der Waals surface area contributed by atoms with E-state index in [1.165, 1.54) is 0 Å². The van der Waals surface area contributed by atoms with Gasteiger partial charge in [0.15, 0.2) is 5.78 Å². The van der Waals surface area contributed by atoms with Crippen molar-refractivity contribution in [3.63, 3.8) is 0 Å². The number of H-pyrrole nitrogens is 1. The number of hydrogen-bond acceptors (Lipinski definition) is 3. The summed E-state index contributed by atoms with van der Waals surface area (Å²) in [5.74, 6) is 0.213. The Morgan fingerprint density at radius 3 is 2.48 bits per heavy atom. The van der Waals surface area contributed by atoms with E-state index in [4.69, 9.17) is 0 Å². The van der Waals surface area contributed by atoms with Gasteiger partial charge in [0.2, 0.25) is 5.91 Å². The maximum absolute atomic E-state index is 13.1. The third kappa shape index (κ3) is 3.16. The zero-order chi connectivity index (χ0) is 19.8. The highest BCUT2D eigenvalue weighted by Gasteiger charge is 2.37. The van der Waals surface area contributed by atoms with E-state index < -0.39 is 0 Å². The molecular weight excluding hydrogens is 362 g/mol. The largest absolute Gasteiger partial charge is 0.342 e. The summed E-state index contributed by atoms with van der Waals surface area (Å²) in [6.07, 6.45) is 3.99. The van der Waals surface area contributed by atoms with Crippen molar-refractivity contribution in [1.29, 1.82) is 0 Å². The van der Waals surface area contributed by atoms with Gasteiger partial charge in [0.1, 0.15) is 0 Å². The minimum Gasteiger partial charge on any atom is -0.342 e. The predicted molar refractivity (Wildman–Crippen MR) is 111 cm³/mol. The van der Waals surface area contributed by atoms with Gasteiger partial charge in [0.05, 0.1) is 12.1 Å². The lowest BCUT2D eigenvalue weighted by Gasteiger charge is -2.33. The second-order valence-electron chi connectivity index (χ2n) is 7.93. The van der Waals surface area contributed by atoms with Crippen molar-refractivity contribution >= 4 is 11.7 Å². The highest BCUT2D eigenvalue weighted by atomic mass is 16.2. The van der Waals surface area contributed by atoms with Crippen molar-refractivity contribution < 1.29 is 9.59 Å². The summed E-state index contributed by atoms with van der Waals surface area (Å²) in [4.78, 5) is 27.3. The lowest BCUT2D eigenvalue weighted by Crippen LogP contribution is -2.40. The predicted octanol–water partition coefficient (Wildman–Crippen LogP) is 4.15. The van der Waals surface area contributed by atoms with Gasteiger partial charge in [0.25, 0.3) is 0 Å². The minimum atomic E-state index is -0.317. The number of amides is 1. The van der Waals surface area contributed by atoms with Gasteiger partial charge in [0, 0.05) is 42.2 Å². The fourth-order valence-electron chi connectivity index (χ4n) is 4.74. The van der Waals surface area contributed by atoms with E-state index in [1.807, 2.05) is 53.6 Å². The van der Waals surface area contributed by atoms with Crippen molar-refractivity contribution in [2.24, 2.45) is 0 Å². The van der Waals surface area contributed by atoms with Crippen LogP contribution in [0.2, 0.25) is 0 Å². The van der Waals surface area contributed by atoms with Crippen LogP contribution in [-0.2, 0) is 4.79 Å². The molecule has 2 aromatic carbocycles. The first-order valence-corrected chi connectivity index (χ1v) is 10.2. The van der Waals surface area contributed by atoms with Crippen molar-refractivity contribution in [2.75, 3.05) is 13.1 Å². The molecule has 1 unspecified atom stereocenters. The molecule has 2 aliphatic rings. The molecule has 1 N–H and O–H groups in total. The first-order valence-electron chi connectivity index (χ1n) is 10.2. The molecule has 3 aromatic rings. The second kappa shape index (κ2) is 7.32. The molecule has 29 heavy (non-hydrogen) atoms. The molecule has 1 aliphatic carbocycles. The lowest BCUT2D eigenvalue weighted by molar-refractivity contribution is -0.133. The normalized spacial score (nSPS) is 19.4. The molecule has 5 nitrogen and oxygen atoms in total. The van der Waals surface area contributed by atoms with Crippen LogP contribution in [0.1, 0.15) is 52.7 Å². The molecule has 0 saturated carbocycles. The number of aromatic amines is 1. The zero-order valence-electron chi connectivity index (χ0n) is 16.2. The van der Waals surface area contributed by atoms with Gasteiger partial charge in [-0.2, -0.15) is 5.10 Å². The summed E-state index contributed by atoms with van der Waals surface area (Å²) in [7, 11) is 0. The molecule has 0 bridgehead atoms. The average Bonchev–Trinajstić information content (AvgIpc) is 3.40. The van der Waals surface area contributed by atoms with Gasteiger partial charge < -0.3 is 4.90 Å². The van der Waals surface area contributed by atoms with Gasteiger partial charge in [-0.15, -0.1) is 0 Å². The number of carbonyl (C=O) groups excluding carboxylic acids is 2. The first-order chi connectivity index (χ1) is 14.2. The average molecular weight is 385 g/mol. The lowest BCUT2D eigenvalue weighted by atomic mass is 9.88. The van der Waals surface area contributed by atoms with E-state index in [-0.39, 0.29) is 17.6 Å². The molecule has 5 heteroatoms. The number of benzene rings is 2. The van der Waals surface area contributed by atoms with Gasteiger partial charge >= 0.3 is 0 Å². The van der Waals surface area contributed by atoms with Gasteiger partial charge in [-0.05, 0) is 24.0 Å². The third-order valence-corrected chi connectivity index (χ3v) is 6.29. The number of nitrogens with one attached hydrogen (secondary N) is 1. The van der Waals surface area contributed by atoms with Crippen LogP contribution in [0.15, 0.2) is 60.8 Å². The Morgan fingerprint density at radius 1 is 0.966 bits per heavy atom. The van der Waals surface area contributed by atoms with E-state index in [0.717, 1.165) is 35.2 Å². The van der Waals surface area contributed by atoms with Gasteiger partial charge in [-0.1, -0.05) is 54.6 Å². The fraction of sp³-hybridized carbons (Fsp3) is 0.292. The molecule has 0 radical (unpaired) electrons. The topological polar surface area (TPSA) is 66.1 Å². The number of carbonyl (C=O) groups is 2. The molecule has 1 aliphatic heterocycles. The van der Waals surface area contributed by atoms with Crippen LogP contribution in [-0.4, -0.2) is 39.9 Å². The van der Waals surface area contributed by atoms with Crippen LogP contribution in [0.5, 0.6) is 0 Å². The number of rotatable bonds is 3. The highest BCUT2D eigenvalue weighted by Crippen LogP contribution is 2.37. The van der Waals surface area contributed by atoms with Crippen molar-refractivity contribution in [3.05, 3.63) is 77.6 Å². The van der Waals surface area contributed by atoms with Crippen LogP contribution in [0.25, 0.3) is 11.1 Å². The van der Waals surface area contributed by atoms with Crippen molar-refractivity contribution in [3.8, 4) is 11.1 Å². The molecule has 0 spiro atoms. The summed E-state index contributed by atoms with van der Waals surface area (Å²) in [6.45, 7) is 1.42. The number of aromatic nitrogens is 2. The summed E-state index contributed by atoms with van der Waals surface area (Å²) < 4.78 is 0. The molecule has 1 fully saturated rings. The minimum absolute atomic E-state index is 0.0822. The standard InChI is InChI=1S/C24H23N3O2/c28-22-14-20(18-8-4-5-9-19(18)22)24(29)27-12-10-17(11-13-27)23-21(15-25-26-23)16-6-2-1-3-7-16/h1-9,15,17,20H,10-14H2,(H,25,26). The number of fused-ring (bicyclic) bond motifs is 1. The molecule has 1 saturated heterocycles. The van der Waals surface area contributed by atoms with Gasteiger partial charge in [-0.25, -0.2) is 0 Å². The molecule has 1 atom stereocenters. The monoisotopic (exact) mass is 385 g/mol. The van der Waals surface area contributed by atoms with Gasteiger partial charge in [-0.3, -0.25) is 14.7 Å². The SMILES string of the molecule is O=C1CC(C(=O)N2CCC(c3[nH]ncc3-c3ccccc3)CC2)c2ccccc21. The van der Waals surface area contributed by atoms with Crippen molar-refractivity contribution in [2.45, 2.75) is 31.1 Å². The van der Waals surface area contributed by atoms with E-state index in [9.17, 15) is 9.59 Å².